The minimum Gasteiger partial charge on any atom is -0.465 e. The maximum atomic E-state index is 10.9. The van der Waals surface area contributed by atoms with Gasteiger partial charge in [0.1, 0.15) is 11.1 Å². The van der Waals surface area contributed by atoms with Gasteiger partial charge in [-0.15, -0.1) is 10.2 Å². The summed E-state index contributed by atoms with van der Waals surface area (Å²) in [5, 5.41) is 39.4. The van der Waals surface area contributed by atoms with Crippen molar-refractivity contribution in [1.29, 1.82) is 5.26 Å². The first kappa shape index (κ1) is 23.7. The molecule has 184 valence electrons. The minimum atomic E-state index is -0.964. The highest BCUT2D eigenvalue weighted by molar-refractivity contribution is 7.14. The van der Waals surface area contributed by atoms with Gasteiger partial charge in [-0.05, 0) is 63.8 Å². The number of amides is 1. The lowest BCUT2D eigenvalue weighted by molar-refractivity contribution is 0.185. The van der Waals surface area contributed by atoms with Crippen molar-refractivity contribution < 1.29 is 9.90 Å². The van der Waals surface area contributed by atoms with Gasteiger partial charge in [-0.2, -0.15) is 10.4 Å². The van der Waals surface area contributed by atoms with E-state index in [4.69, 9.17) is 15.4 Å². The van der Waals surface area contributed by atoms with Crippen LogP contribution < -0.4 is 10.6 Å². The van der Waals surface area contributed by atoms with E-state index in [2.05, 4.69) is 45.8 Å². The van der Waals surface area contributed by atoms with Crippen molar-refractivity contribution in [3.63, 3.8) is 0 Å². The van der Waals surface area contributed by atoms with Crippen molar-refractivity contribution in [3.05, 3.63) is 47.2 Å². The number of nitriles is 1. The highest BCUT2D eigenvalue weighted by Crippen LogP contribution is 2.39. The molecule has 10 nitrogen and oxygen atoms in total. The van der Waals surface area contributed by atoms with E-state index in [-0.39, 0.29) is 18.0 Å². The van der Waals surface area contributed by atoms with Gasteiger partial charge in [0.25, 0.3) is 0 Å². The summed E-state index contributed by atoms with van der Waals surface area (Å²) in [4.78, 5) is 15.6. The van der Waals surface area contributed by atoms with Gasteiger partial charge in [0, 0.05) is 29.9 Å². The third-order valence-corrected chi connectivity index (χ3v) is 7.43. The molecule has 0 aliphatic heterocycles. The first-order valence-electron chi connectivity index (χ1n) is 11.9. The predicted molar refractivity (Wildman–Crippen MR) is 137 cm³/mol. The molecule has 36 heavy (non-hydrogen) atoms. The molecule has 0 aromatic carbocycles. The molecular weight excluding hydrogens is 476 g/mol. The van der Waals surface area contributed by atoms with Crippen LogP contribution in [-0.2, 0) is 0 Å². The highest BCUT2D eigenvalue weighted by Gasteiger charge is 2.26. The number of hydrogen-bond donors (Lipinski definition) is 3. The van der Waals surface area contributed by atoms with E-state index in [1.807, 2.05) is 24.4 Å². The fourth-order valence-electron chi connectivity index (χ4n) is 4.62. The Balaban J connectivity index is 1.42. The fraction of sp³-hybridized carbons (Fsp3) is 0.360. The van der Waals surface area contributed by atoms with Gasteiger partial charge in [0.2, 0.25) is 0 Å². The molecule has 0 atom stereocenters. The summed E-state index contributed by atoms with van der Waals surface area (Å²) in [6.07, 6.45) is 5.78. The molecule has 4 aromatic heterocycles. The molecule has 0 bridgehead atoms. The van der Waals surface area contributed by atoms with Crippen LogP contribution in [0, 0.1) is 11.3 Å². The standard InChI is InChI=1S/C25H26N8O2S/c1-14(2)29-20-10-21(22-8-7-18-9-15(11-26)12-28-33(18)22)27-13-19(20)24-32-31-23(36-24)16-3-5-17(6-4-16)30-25(34)35/h7-10,12-14,16-17,30H,3-6H2,1-2H3,(H,27,29)(H,34,35)/t16-,17-. The van der Waals surface area contributed by atoms with Crippen LogP contribution in [0.15, 0.2) is 36.7 Å². The number of aromatic nitrogens is 5. The molecular formula is C25H26N8O2S. The van der Waals surface area contributed by atoms with Crippen molar-refractivity contribution in [2.75, 3.05) is 5.32 Å². The van der Waals surface area contributed by atoms with Crippen molar-refractivity contribution in [2.45, 2.75) is 57.5 Å². The van der Waals surface area contributed by atoms with Gasteiger partial charge in [-0.3, -0.25) is 4.98 Å². The predicted octanol–water partition coefficient (Wildman–Crippen LogP) is 4.90. The first-order chi connectivity index (χ1) is 17.4. The molecule has 4 heterocycles. The molecule has 1 fully saturated rings. The minimum absolute atomic E-state index is 0.0100. The van der Waals surface area contributed by atoms with Gasteiger partial charge in [-0.1, -0.05) is 11.3 Å². The van der Waals surface area contributed by atoms with Crippen LogP contribution in [-0.4, -0.2) is 48.1 Å². The van der Waals surface area contributed by atoms with Crippen molar-refractivity contribution in [2.24, 2.45) is 0 Å². The van der Waals surface area contributed by atoms with Crippen LogP contribution in [0.3, 0.4) is 0 Å². The molecule has 0 spiro atoms. The zero-order chi connectivity index (χ0) is 25.2. The lowest BCUT2D eigenvalue weighted by atomic mass is 9.86. The first-order valence-corrected chi connectivity index (χ1v) is 12.7. The molecule has 5 rings (SSSR count). The number of anilines is 1. The Hall–Kier alpha value is -4.04. The summed E-state index contributed by atoms with van der Waals surface area (Å²) in [5.41, 5.74) is 4.73. The van der Waals surface area contributed by atoms with Crippen molar-refractivity contribution in [1.82, 2.24) is 30.1 Å². The van der Waals surface area contributed by atoms with Crippen molar-refractivity contribution in [3.8, 4) is 28.0 Å². The number of nitrogens with one attached hydrogen (secondary N) is 2. The summed E-state index contributed by atoms with van der Waals surface area (Å²) in [6.45, 7) is 4.16. The number of fused-ring (bicyclic) bond motifs is 1. The monoisotopic (exact) mass is 502 g/mol. The quantitative estimate of drug-likeness (QED) is 0.338. The van der Waals surface area contributed by atoms with E-state index in [9.17, 15) is 4.79 Å². The lowest BCUT2D eigenvalue weighted by Crippen LogP contribution is -2.36. The maximum absolute atomic E-state index is 10.9. The number of rotatable bonds is 6. The average molecular weight is 503 g/mol. The second-order valence-corrected chi connectivity index (χ2v) is 10.3. The Morgan fingerprint density at radius 1 is 1.19 bits per heavy atom. The van der Waals surface area contributed by atoms with E-state index in [1.165, 1.54) is 0 Å². The summed E-state index contributed by atoms with van der Waals surface area (Å²) >= 11 is 1.57. The summed E-state index contributed by atoms with van der Waals surface area (Å²) in [6, 6.07) is 10.00. The topological polar surface area (TPSA) is 141 Å². The largest absolute Gasteiger partial charge is 0.465 e. The Bertz CT molecular complexity index is 1450. The second kappa shape index (κ2) is 9.91. The van der Waals surface area contributed by atoms with Crippen LogP contribution in [0.2, 0.25) is 0 Å². The van der Waals surface area contributed by atoms with E-state index in [0.29, 0.717) is 5.56 Å². The van der Waals surface area contributed by atoms with E-state index in [0.717, 1.165) is 63.9 Å². The molecule has 1 amide bonds. The summed E-state index contributed by atoms with van der Waals surface area (Å²) in [7, 11) is 0. The maximum Gasteiger partial charge on any atom is 0.404 e. The second-order valence-electron chi connectivity index (χ2n) is 9.27. The molecule has 1 aliphatic carbocycles. The molecule has 0 radical (unpaired) electrons. The Labute approximate surface area is 212 Å². The van der Waals surface area contributed by atoms with Crippen LogP contribution >= 0.6 is 11.3 Å². The molecule has 11 heteroatoms. The normalized spacial score (nSPS) is 17.7. The molecule has 0 saturated heterocycles. The van der Waals surface area contributed by atoms with E-state index >= 15 is 0 Å². The zero-order valence-corrected chi connectivity index (χ0v) is 20.8. The molecule has 4 aromatic rings. The molecule has 1 saturated carbocycles. The van der Waals surface area contributed by atoms with Crippen LogP contribution in [0.4, 0.5) is 10.5 Å². The lowest BCUT2D eigenvalue weighted by Gasteiger charge is -2.26. The third-order valence-electron chi connectivity index (χ3n) is 6.32. The average Bonchev–Trinajstić information content (AvgIpc) is 3.51. The van der Waals surface area contributed by atoms with Gasteiger partial charge >= 0.3 is 6.09 Å². The number of pyridine rings is 1. The van der Waals surface area contributed by atoms with Crippen LogP contribution in [0.1, 0.15) is 56.0 Å². The molecule has 1 aliphatic rings. The van der Waals surface area contributed by atoms with Crippen LogP contribution in [0.25, 0.3) is 27.5 Å². The van der Waals surface area contributed by atoms with Gasteiger partial charge in [0.15, 0.2) is 5.01 Å². The number of carbonyl (C=O) groups is 1. The fourth-order valence-corrected chi connectivity index (χ4v) is 5.65. The Morgan fingerprint density at radius 2 is 2.00 bits per heavy atom. The SMILES string of the molecule is CC(C)Nc1cc(-c2ccc3cc(C#N)cnn23)ncc1-c1nnc([C@H]2CC[C@H](NC(=O)O)CC2)s1. The number of nitrogens with zero attached hydrogens (tertiary/aromatic N) is 6. The highest BCUT2D eigenvalue weighted by atomic mass is 32.1. The Kier molecular flexibility index (Phi) is 6.52. The van der Waals surface area contributed by atoms with Crippen molar-refractivity contribution >= 4 is 28.6 Å². The summed E-state index contributed by atoms with van der Waals surface area (Å²) in [5.74, 6) is 0.285. The number of carboxylic acid groups (broad SMARTS) is 1. The van der Waals surface area contributed by atoms with E-state index < -0.39 is 6.09 Å². The Morgan fingerprint density at radius 3 is 2.72 bits per heavy atom. The smallest absolute Gasteiger partial charge is 0.404 e. The van der Waals surface area contributed by atoms with Gasteiger partial charge in [0.05, 0.1) is 34.2 Å². The molecule has 0 unspecified atom stereocenters. The summed E-state index contributed by atoms with van der Waals surface area (Å²) < 4.78 is 1.78. The molecule has 3 N–H and O–H groups in total. The van der Waals surface area contributed by atoms with Gasteiger partial charge in [-0.25, -0.2) is 9.31 Å². The van der Waals surface area contributed by atoms with Crippen LogP contribution in [0.5, 0.6) is 0 Å². The van der Waals surface area contributed by atoms with Gasteiger partial charge < -0.3 is 15.7 Å². The third kappa shape index (κ3) is 4.85. The van der Waals surface area contributed by atoms with E-state index in [1.54, 1.807) is 28.1 Å². The number of hydrogen-bond acceptors (Lipinski definition) is 8. The zero-order valence-electron chi connectivity index (χ0n) is 20.0.